The number of nitrogens with one attached hydrogen (secondary N) is 2. The molecule has 1 aromatic carbocycles. The maximum Gasteiger partial charge on any atom is 0.257 e. The summed E-state index contributed by atoms with van der Waals surface area (Å²) >= 11 is 6.16. The van der Waals surface area contributed by atoms with Crippen molar-refractivity contribution in [1.29, 1.82) is 0 Å². The smallest absolute Gasteiger partial charge is 0.257 e. The maximum atomic E-state index is 11.6. The predicted molar refractivity (Wildman–Crippen MR) is 80.1 cm³/mol. The second kappa shape index (κ2) is 7.50. The van der Waals surface area contributed by atoms with Crippen molar-refractivity contribution in [3.8, 4) is 5.75 Å². The molecule has 0 saturated heterocycles. The Bertz CT molecular complexity index is 461. The van der Waals surface area contributed by atoms with E-state index in [9.17, 15) is 4.79 Å². The van der Waals surface area contributed by atoms with Crippen LogP contribution in [0.2, 0.25) is 5.02 Å². The normalized spacial score (nSPS) is 14.1. The fraction of sp³-hybridized carbons (Fsp3) is 0.533. The van der Waals surface area contributed by atoms with Crippen molar-refractivity contribution < 1.29 is 9.53 Å². The van der Waals surface area contributed by atoms with Crippen LogP contribution in [0.15, 0.2) is 18.2 Å². The van der Waals surface area contributed by atoms with E-state index >= 15 is 0 Å². The molecule has 1 amide bonds. The summed E-state index contributed by atoms with van der Waals surface area (Å²) < 4.78 is 5.60. The van der Waals surface area contributed by atoms with Crippen molar-refractivity contribution in [1.82, 2.24) is 10.6 Å². The number of ether oxygens (including phenoxy) is 1. The van der Waals surface area contributed by atoms with Crippen LogP contribution >= 0.6 is 11.6 Å². The van der Waals surface area contributed by atoms with Gasteiger partial charge in [0.25, 0.3) is 5.91 Å². The van der Waals surface area contributed by atoms with Gasteiger partial charge in [-0.25, -0.2) is 0 Å². The first kappa shape index (κ1) is 15.1. The highest BCUT2D eigenvalue weighted by Crippen LogP contribution is 2.29. The molecule has 0 spiro atoms. The Kier molecular flexibility index (Phi) is 5.68. The van der Waals surface area contributed by atoms with Crippen molar-refractivity contribution in [2.24, 2.45) is 0 Å². The lowest BCUT2D eigenvalue weighted by Gasteiger charge is -2.13. The van der Waals surface area contributed by atoms with E-state index in [1.54, 1.807) is 6.07 Å². The van der Waals surface area contributed by atoms with Gasteiger partial charge in [-0.15, -0.1) is 0 Å². The molecule has 4 nitrogen and oxygen atoms in total. The van der Waals surface area contributed by atoms with Gasteiger partial charge in [0.15, 0.2) is 6.61 Å². The first-order valence-electron chi connectivity index (χ1n) is 7.11. The molecule has 110 valence electrons. The molecule has 0 atom stereocenters. The topological polar surface area (TPSA) is 50.4 Å². The van der Waals surface area contributed by atoms with E-state index in [4.69, 9.17) is 16.3 Å². The lowest BCUT2D eigenvalue weighted by atomic mass is 10.2. The largest absolute Gasteiger partial charge is 0.482 e. The van der Waals surface area contributed by atoms with E-state index in [1.165, 1.54) is 12.8 Å². The number of hydrogen-bond acceptors (Lipinski definition) is 3. The van der Waals surface area contributed by atoms with E-state index in [-0.39, 0.29) is 12.5 Å². The summed E-state index contributed by atoms with van der Waals surface area (Å²) in [5.41, 5.74) is 0.993. The van der Waals surface area contributed by atoms with Crippen molar-refractivity contribution in [3.63, 3.8) is 0 Å². The Morgan fingerprint density at radius 3 is 2.95 bits per heavy atom. The summed E-state index contributed by atoms with van der Waals surface area (Å²) in [5.74, 6) is 0.488. The van der Waals surface area contributed by atoms with Gasteiger partial charge >= 0.3 is 0 Å². The zero-order valence-electron chi connectivity index (χ0n) is 11.7. The molecule has 0 unspecified atom stereocenters. The van der Waals surface area contributed by atoms with Crippen molar-refractivity contribution in [3.05, 3.63) is 28.8 Å². The highest BCUT2D eigenvalue weighted by atomic mass is 35.5. The number of benzene rings is 1. The highest BCUT2D eigenvalue weighted by molar-refractivity contribution is 6.32. The number of carbonyl (C=O) groups is 1. The van der Waals surface area contributed by atoms with E-state index in [0.717, 1.165) is 18.5 Å². The first-order valence-corrected chi connectivity index (χ1v) is 7.48. The summed E-state index contributed by atoms with van der Waals surface area (Å²) in [6.07, 6.45) is 3.38. The molecular formula is C15H21ClN2O2. The van der Waals surface area contributed by atoms with Crippen molar-refractivity contribution in [2.75, 3.05) is 13.2 Å². The van der Waals surface area contributed by atoms with Crippen LogP contribution in [0, 0.1) is 0 Å². The lowest BCUT2D eigenvalue weighted by molar-refractivity contribution is -0.123. The molecule has 0 radical (unpaired) electrons. The van der Waals surface area contributed by atoms with Crippen molar-refractivity contribution >= 4 is 17.5 Å². The zero-order valence-corrected chi connectivity index (χ0v) is 12.5. The summed E-state index contributed by atoms with van der Waals surface area (Å²) in [4.78, 5) is 11.6. The van der Waals surface area contributed by atoms with Crippen LogP contribution in [0.3, 0.4) is 0 Å². The van der Waals surface area contributed by atoms with Gasteiger partial charge in [-0.1, -0.05) is 30.7 Å². The molecule has 0 aromatic heterocycles. The minimum absolute atomic E-state index is 0.000161. The lowest BCUT2D eigenvalue weighted by Crippen LogP contribution is -2.29. The maximum absolute atomic E-state index is 11.6. The van der Waals surface area contributed by atoms with Gasteiger partial charge in [-0.05, 0) is 25.3 Å². The Hall–Kier alpha value is -1.26. The molecule has 2 rings (SSSR count). The molecule has 20 heavy (non-hydrogen) atoms. The second-order valence-corrected chi connectivity index (χ2v) is 5.43. The van der Waals surface area contributed by atoms with Crippen LogP contribution < -0.4 is 15.4 Å². The van der Waals surface area contributed by atoms with Crippen LogP contribution in [-0.2, 0) is 11.3 Å². The molecule has 0 aliphatic heterocycles. The van der Waals surface area contributed by atoms with Crippen LogP contribution in [0.4, 0.5) is 0 Å². The number of rotatable bonds is 8. The van der Waals surface area contributed by atoms with Gasteiger partial charge in [0.05, 0.1) is 5.02 Å². The zero-order chi connectivity index (χ0) is 14.4. The van der Waals surface area contributed by atoms with Crippen molar-refractivity contribution in [2.45, 2.75) is 38.8 Å². The van der Waals surface area contributed by atoms with Gasteiger partial charge in [0.1, 0.15) is 5.75 Å². The van der Waals surface area contributed by atoms with E-state index < -0.39 is 0 Å². The van der Waals surface area contributed by atoms with Gasteiger partial charge in [0.2, 0.25) is 0 Å². The average Bonchev–Trinajstić information content (AvgIpc) is 3.26. The fourth-order valence-electron chi connectivity index (χ4n) is 1.85. The fourth-order valence-corrected chi connectivity index (χ4v) is 2.10. The van der Waals surface area contributed by atoms with E-state index in [0.29, 0.717) is 23.4 Å². The number of amides is 1. The predicted octanol–water partition coefficient (Wildman–Crippen LogP) is 2.50. The summed E-state index contributed by atoms with van der Waals surface area (Å²) in [6.45, 7) is 3.40. The van der Waals surface area contributed by atoms with E-state index in [2.05, 4.69) is 10.6 Å². The van der Waals surface area contributed by atoms with Gasteiger partial charge < -0.3 is 15.4 Å². The SMILES string of the molecule is CCCNC(=O)COc1c(Cl)cccc1CNC1CC1. The standard InChI is InChI=1S/C15H21ClN2O2/c1-2-8-17-14(19)10-20-15-11(4-3-5-13(15)16)9-18-12-6-7-12/h3-5,12,18H,2,6-10H2,1H3,(H,17,19). The third-order valence-corrected chi connectivity index (χ3v) is 3.42. The molecule has 1 aliphatic carbocycles. The van der Waals surface area contributed by atoms with Crippen LogP contribution in [0.5, 0.6) is 5.75 Å². The van der Waals surface area contributed by atoms with Crippen LogP contribution in [0.25, 0.3) is 0 Å². The van der Waals surface area contributed by atoms with Gasteiger partial charge in [0, 0.05) is 24.7 Å². The molecule has 1 aromatic rings. The molecule has 2 N–H and O–H groups in total. The molecule has 5 heteroatoms. The third kappa shape index (κ3) is 4.69. The first-order chi connectivity index (χ1) is 9.70. The Balaban J connectivity index is 1.92. The molecular weight excluding hydrogens is 276 g/mol. The average molecular weight is 297 g/mol. The number of hydrogen-bond donors (Lipinski definition) is 2. The summed E-state index contributed by atoms with van der Waals surface area (Å²) in [6, 6.07) is 6.27. The highest BCUT2D eigenvalue weighted by Gasteiger charge is 2.21. The molecule has 1 aliphatic rings. The molecule has 0 heterocycles. The quantitative estimate of drug-likeness (QED) is 0.775. The van der Waals surface area contributed by atoms with E-state index in [1.807, 2.05) is 19.1 Å². The summed E-state index contributed by atoms with van der Waals surface area (Å²) in [7, 11) is 0. The molecule has 1 fully saturated rings. The monoisotopic (exact) mass is 296 g/mol. The Morgan fingerprint density at radius 1 is 1.45 bits per heavy atom. The van der Waals surface area contributed by atoms with Crippen LogP contribution in [0.1, 0.15) is 31.7 Å². The Labute approximate surface area is 124 Å². The van der Waals surface area contributed by atoms with Gasteiger partial charge in [-0.3, -0.25) is 4.79 Å². The number of para-hydroxylation sites is 1. The van der Waals surface area contributed by atoms with Gasteiger partial charge in [-0.2, -0.15) is 0 Å². The minimum atomic E-state index is -0.118. The molecule has 0 bridgehead atoms. The minimum Gasteiger partial charge on any atom is -0.482 e. The second-order valence-electron chi connectivity index (χ2n) is 5.02. The number of carbonyl (C=O) groups excluding carboxylic acids is 1. The van der Waals surface area contributed by atoms with Crippen LogP contribution in [-0.4, -0.2) is 25.1 Å². The third-order valence-electron chi connectivity index (χ3n) is 3.13. The Morgan fingerprint density at radius 2 is 2.25 bits per heavy atom. The molecule has 1 saturated carbocycles. The summed E-state index contributed by atoms with van der Waals surface area (Å²) in [5, 5.41) is 6.75. The number of halogens is 1.